The van der Waals surface area contributed by atoms with Crippen molar-refractivity contribution in [2.24, 2.45) is 0 Å². The Morgan fingerprint density at radius 2 is 1.40 bits per heavy atom. The Morgan fingerprint density at radius 1 is 0.767 bits per heavy atom. The van der Waals surface area contributed by atoms with Crippen LogP contribution in [0.1, 0.15) is 49.7 Å². The monoisotopic (exact) mass is 412 g/mol. The molecule has 0 spiro atoms. The second-order valence-electron chi connectivity index (χ2n) is 7.03. The molecule has 0 saturated heterocycles. The van der Waals surface area contributed by atoms with Gasteiger partial charge in [-0.3, -0.25) is 19.2 Å². The Labute approximate surface area is 176 Å². The van der Waals surface area contributed by atoms with Crippen LogP contribution in [0.25, 0.3) is 0 Å². The Bertz CT molecular complexity index is 806. The topological polar surface area (TPSA) is 105 Å². The maximum absolute atomic E-state index is 12.0. The molecule has 0 aliphatic carbocycles. The van der Waals surface area contributed by atoms with E-state index >= 15 is 0 Å². The first kappa shape index (κ1) is 23.1. The fraction of sp³-hybridized carbons (Fsp3) is 0.348. The van der Waals surface area contributed by atoms with Gasteiger partial charge in [-0.2, -0.15) is 0 Å². The van der Waals surface area contributed by atoms with Crippen molar-refractivity contribution in [2.75, 3.05) is 5.32 Å². The molecule has 0 fully saturated rings. The van der Waals surface area contributed by atoms with Crippen LogP contribution in [-0.2, 0) is 32.2 Å². The van der Waals surface area contributed by atoms with Crippen molar-refractivity contribution >= 4 is 23.5 Å². The van der Waals surface area contributed by atoms with E-state index in [4.69, 9.17) is 9.94 Å². The summed E-state index contributed by atoms with van der Waals surface area (Å²) in [5.74, 6) is -1.10. The van der Waals surface area contributed by atoms with Gasteiger partial charge in [0, 0.05) is 18.5 Å². The van der Waals surface area contributed by atoms with Crippen molar-refractivity contribution in [1.29, 1.82) is 0 Å². The number of amides is 2. The molecular weight excluding hydrogens is 384 g/mol. The Balaban J connectivity index is 1.49. The van der Waals surface area contributed by atoms with Gasteiger partial charge in [-0.05, 0) is 36.1 Å². The second kappa shape index (κ2) is 13.1. The number of hydrogen-bond donors (Lipinski definition) is 3. The predicted octanol–water partition coefficient (Wildman–Crippen LogP) is 3.84. The van der Waals surface area contributed by atoms with Crippen molar-refractivity contribution in [3.8, 4) is 0 Å². The summed E-state index contributed by atoms with van der Waals surface area (Å²) in [7, 11) is 0. The maximum Gasteiger partial charge on any atom is 0.307 e. The van der Waals surface area contributed by atoms with Crippen LogP contribution in [-0.4, -0.2) is 22.9 Å². The second-order valence-corrected chi connectivity index (χ2v) is 7.03. The fourth-order valence-corrected chi connectivity index (χ4v) is 2.85. The van der Waals surface area contributed by atoms with Crippen LogP contribution < -0.4 is 10.8 Å². The number of carboxylic acid groups (broad SMARTS) is 1. The Kier molecular flexibility index (Phi) is 10.1. The van der Waals surface area contributed by atoms with Crippen LogP contribution in [0.15, 0.2) is 54.6 Å². The number of unbranched alkanes of at least 4 members (excludes halogenated alkanes) is 3. The molecule has 0 atom stereocenters. The normalized spacial score (nSPS) is 10.4. The van der Waals surface area contributed by atoms with Gasteiger partial charge in [0.05, 0.1) is 13.0 Å². The van der Waals surface area contributed by atoms with Crippen molar-refractivity contribution < 1.29 is 24.3 Å². The molecule has 30 heavy (non-hydrogen) atoms. The molecule has 3 N–H and O–H groups in total. The zero-order chi connectivity index (χ0) is 21.6. The maximum atomic E-state index is 12.0. The zero-order valence-corrected chi connectivity index (χ0v) is 16.9. The first-order valence-corrected chi connectivity index (χ1v) is 10.1. The molecule has 7 nitrogen and oxygen atoms in total. The summed E-state index contributed by atoms with van der Waals surface area (Å²) in [6.07, 6.45) is 3.98. The highest BCUT2D eigenvalue weighted by Gasteiger charge is 2.05. The van der Waals surface area contributed by atoms with Crippen LogP contribution in [0, 0.1) is 0 Å². The summed E-state index contributed by atoms with van der Waals surface area (Å²) < 4.78 is 0. The molecule has 2 aromatic rings. The molecule has 0 saturated carbocycles. The van der Waals surface area contributed by atoms with E-state index in [9.17, 15) is 14.4 Å². The number of rotatable bonds is 13. The Hall–Kier alpha value is -3.19. The summed E-state index contributed by atoms with van der Waals surface area (Å²) in [4.78, 5) is 39.5. The number of carboxylic acids is 1. The molecule has 2 amide bonds. The summed E-state index contributed by atoms with van der Waals surface area (Å²) in [5, 5.41) is 11.6. The largest absolute Gasteiger partial charge is 0.481 e. The molecule has 2 aromatic carbocycles. The minimum Gasteiger partial charge on any atom is -0.481 e. The highest BCUT2D eigenvalue weighted by molar-refractivity contribution is 5.90. The molecule has 2 rings (SSSR count). The van der Waals surface area contributed by atoms with Gasteiger partial charge in [0.2, 0.25) is 11.8 Å². The van der Waals surface area contributed by atoms with E-state index in [1.165, 1.54) is 0 Å². The highest BCUT2D eigenvalue weighted by atomic mass is 16.6. The Morgan fingerprint density at radius 3 is 2.03 bits per heavy atom. The number of benzene rings is 2. The number of carbonyl (C=O) groups is 3. The molecule has 0 aliphatic rings. The van der Waals surface area contributed by atoms with Crippen LogP contribution >= 0.6 is 0 Å². The quantitative estimate of drug-likeness (QED) is 0.342. The molecule has 0 radical (unpaired) electrons. The molecule has 0 unspecified atom stereocenters. The number of aliphatic carboxylic acids is 1. The molecular formula is C23H28N2O5. The molecule has 0 aliphatic heterocycles. The number of anilines is 1. The SMILES string of the molecule is O=C(O)Cc1ccc(NC(=O)CCCCCCC(=O)NOCc2ccccc2)cc1. The predicted molar refractivity (Wildman–Crippen MR) is 113 cm³/mol. The van der Waals surface area contributed by atoms with E-state index in [2.05, 4.69) is 10.8 Å². The third-order valence-corrected chi connectivity index (χ3v) is 4.42. The van der Waals surface area contributed by atoms with E-state index in [1.807, 2.05) is 30.3 Å². The lowest BCUT2D eigenvalue weighted by atomic mass is 10.1. The standard InChI is InChI=1S/C23H28N2O5/c26-21(24-20-14-12-18(13-15-20)16-23(28)29)10-6-1-2-7-11-22(27)25-30-17-19-8-4-3-5-9-19/h3-5,8-9,12-15H,1-2,6-7,10-11,16-17H2,(H,24,26)(H,25,27)(H,28,29). The zero-order valence-electron chi connectivity index (χ0n) is 16.9. The van der Waals surface area contributed by atoms with Crippen molar-refractivity contribution in [3.05, 3.63) is 65.7 Å². The van der Waals surface area contributed by atoms with Gasteiger partial charge in [-0.15, -0.1) is 0 Å². The molecule has 0 aromatic heterocycles. The molecule has 0 bridgehead atoms. The van der Waals surface area contributed by atoms with Crippen LogP contribution in [0.4, 0.5) is 5.69 Å². The van der Waals surface area contributed by atoms with E-state index in [-0.39, 0.29) is 18.2 Å². The number of hydrogen-bond acceptors (Lipinski definition) is 4. The van der Waals surface area contributed by atoms with Crippen molar-refractivity contribution in [3.63, 3.8) is 0 Å². The van der Waals surface area contributed by atoms with Crippen LogP contribution in [0.3, 0.4) is 0 Å². The minimum atomic E-state index is -0.885. The number of hydroxylamine groups is 1. The minimum absolute atomic E-state index is 0.0363. The highest BCUT2D eigenvalue weighted by Crippen LogP contribution is 2.12. The van der Waals surface area contributed by atoms with Gasteiger partial charge in [-0.1, -0.05) is 55.3 Å². The molecule has 0 heterocycles. The fourth-order valence-electron chi connectivity index (χ4n) is 2.85. The number of nitrogens with one attached hydrogen (secondary N) is 2. The first-order chi connectivity index (χ1) is 14.5. The van der Waals surface area contributed by atoms with Gasteiger partial charge >= 0.3 is 5.97 Å². The summed E-state index contributed by atoms with van der Waals surface area (Å²) >= 11 is 0. The third kappa shape index (κ3) is 9.84. The van der Waals surface area contributed by atoms with Gasteiger partial charge in [0.25, 0.3) is 0 Å². The van der Waals surface area contributed by atoms with Crippen LogP contribution in [0.5, 0.6) is 0 Å². The van der Waals surface area contributed by atoms with E-state index in [1.54, 1.807) is 24.3 Å². The average Bonchev–Trinajstić information content (AvgIpc) is 2.72. The van der Waals surface area contributed by atoms with E-state index < -0.39 is 5.97 Å². The van der Waals surface area contributed by atoms with Gasteiger partial charge in [0.1, 0.15) is 0 Å². The van der Waals surface area contributed by atoms with Crippen molar-refractivity contribution in [1.82, 2.24) is 5.48 Å². The third-order valence-electron chi connectivity index (χ3n) is 4.42. The van der Waals surface area contributed by atoms with E-state index in [0.717, 1.165) is 31.2 Å². The van der Waals surface area contributed by atoms with Gasteiger partial charge in [-0.25, -0.2) is 5.48 Å². The van der Waals surface area contributed by atoms with Gasteiger partial charge < -0.3 is 10.4 Å². The van der Waals surface area contributed by atoms with E-state index in [0.29, 0.717) is 30.7 Å². The number of carbonyl (C=O) groups excluding carboxylic acids is 2. The van der Waals surface area contributed by atoms with Crippen LogP contribution in [0.2, 0.25) is 0 Å². The van der Waals surface area contributed by atoms with Crippen molar-refractivity contribution in [2.45, 2.75) is 51.6 Å². The molecule has 7 heteroatoms. The lowest BCUT2D eigenvalue weighted by molar-refractivity contribution is -0.136. The average molecular weight is 412 g/mol. The first-order valence-electron chi connectivity index (χ1n) is 10.1. The lowest BCUT2D eigenvalue weighted by Gasteiger charge is -2.07. The summed E-state index contributed by atoms with van der Waals surface area (Å²) in [6, 6.07) is 16.4. The smallest absolute Gasteiger partial charge is 0.307 e. The molecule has 160 valence electrons. The lowest BCUT2D eigenvalue weighted by Crippen LogP contribution is -2.23. The summed E-state index contributed by atoms with van der Waals surface area (Å²) in [5.41, 5.74) is 4.78. The van der Waals surface area contributed by atoms with Gasteiger partial charge in [0.15, 0.2) is 0 Å². The summed E-state index contributed by atoms with van der Waals surface area (Å²) in [6.45, 7) is 0.337.